The van der Waals surface area contributed by atoms with Gasteiger partial charge in [-0.15, -0.1) is 11.3 Å². The monoisotopic (exact) mass is 689 g/mol. The number of carbonyl (C=O) groups is 1. The van der Waals surface area contributed by atoms with Crippen molar-refractivity contribution in [1.82, 2.24) is 14.8 Å². The van der Waals surface area contributed by atoms with Gasteiger partial charge in [0.2, 0.25) is 6.29 Å². The van der Waals surface area contributed by atoms with E-state index in [9.17, 15) is 4.79 Å². The molecule has 0 spiro atoms. The second-order valence-corrected chi connectivity index (χ2v) is 16.0. The topological polar surface area (TPSA) is 84.7 Å². The van der Waals surface area contributed by atoms with Gasteiger partial charge in [-0.05, 0) is 113 Å². The minimum atomic E-state index is -0.646. The van der Waals surface area contributed by atoms with E-state index in [1.165, 1.54) is 0 Å². The highest BCUT2D eigenvalue weighted by Gasteiger charge is 2.32. The number of esters is 1. The Morgan fingerprint density at radius 3 is 2.40 bits per heavy atom. The molecule has 3 heterocycles. The minimum absolute atomic E-state index is 0.0727. The van der Waals surface area contributed by atoms with E-state index in [0.717, 1.165) is 65.1 Å². The second-order valence-electron chi connectivity index (χ2n) is 15.0. The van der Waals surface area contributed by atoms with Crippen LogP contribution < -0.4 is 9.47 Å². The Morgan fingerprint density at radius 2 is 1.64 bits per heavy atom. The van der Waals surface area contributed by atoms with Crippen molar-refractivity contribution >= 4 is 38.4 Å². The summed E-state index contributed by atoms with van der Waals surface area (Å²) in [6.07, 6.45) is 0.989. The van der Waals surface area contributed by atoms with Crippen molar-refractivity contribution in [2.24, 2.45) is 12.5 Å². The summed E-state index contributed by atoms with van der Waals surface area (Å²) in [5.74, 6) is 1.12. The fourth-order valence-corrected chi connectivity index (χ4v) is 7.54. The highest BCUT2D eigenvalue weighted by molar-refractivity contribution is 7.22. The lowest BCUT2D eigenvalue weighted by Gasteiger charge is -2.31. The summed E-state index contributed by atoms with van der Waals surface area (Å²) in [6, 6.07) is 23.1. The summed E-state index contributed by atoms with van der Waals surface area (Å²) in [5.41, 5.74) is 7.95. The molecule has 1 aliphatic heterocycles. The molecule has 0 saturated carbocycles. The van der Waals surface area contributed by atoms with E-state index >= 15 is 0 Å². The Bertz CT molecular complexity index is 2260. The Hall–Kier alpha value is -4.73. The number of aryl methyl sites for hydroxylation is 2. The summed E-state index contributed by atoms with van der Waals surface area (Å²) in [5, 5.41) is 6.42. The van der Waals surface area contributed by atoms with E-state index < -0.39 is 17.1 Å². The second kappa shape index (κ2) is 12.5. The van der Waals surface area contributed by atoms with E-state index in [-0.39, 0.29) is 18.9 Å². The number of aromatic nitrogens is 3. The molecule has 2 aromatic heterocycles. The van der Waals surface area contributed by atoms with Crippen LogP contribution >= 0.6 is 11.3 Å². The van der Waals surface area contributed by atoms with Crippen molar-refractivity contribution in [3.05, 3.63) is 84.1 Å². The molecule has 0 radical (unpaired) electrons. The largest absolute Gasteiger partial charge is 0.462 e. The zero-order valence-corrected chi connectivity index (χ0v) is 30.9. The van der Waals surface area contributed by atoms with Crippen LogP contribution in [0.15, 0.2) is 72.9 Å². The number of thiazole rings is 1. The molecule has 9 heteroatoms. The lowest BCUT2D eigenvalue weighted by molar-refractivity contribution is -0.162. The molecule has 50 heavy (non-hydrogen) atoms. The van der Waals surface area contributed by atoms with Gasteiger partial charge in [0.25, 0.3) is 0 Å². The molecule has 0 aliphatic carbocycles. The van der Waals surface area contributed by atoms with Gasteiger partial charge in [-0.3, -0.25) is 9.48 Å². The van der Waals surface area contributed by atoms with Crippen LogP contribution in [-0.2, 0) is 21.3 Å². The van der Waals surface area contributed by atoms with Crippen molar-refractivity contribution in [1.29, 1.82) is 0 Å². The summed E-state index contributed by atoms with van der Waals surface area (Å²) in [4.78, 5) is 18.2. The van der Waals surface area contributed by atoms with E-state index in [1.807, 2.05) is 78.5 Å². The summed E-state index contributed by atoms with van der Waals surface area (Å²) in [6.45, 7) is 15.7. The fraction of sp³-hybridized carbons (Fsp3) is 0.341. The summed E-state index contributed by atoms with van der Waals surface area (Å²) < 4.78 is 27.5. The molecule has 0 fully saturated rings. The molecule has 4 aromatic carbocycles. The molecular weight excluding hydrogens is 647 g/mol. The zero-order valence-electron chi connectivity index (χ0n) is 30.1. The summed E-state index contributed by atoms with van der Waals surface area (Å²) >= 11 is 1.64. The zero-order chi connectivity index (χ0) is 35.5. The minimum Gasteiger partial charge on any atom is -0.462 e. The molecule has 0 bridgehead atoms. The molecule has 1 unspecified atom stereocenters. The van der Waals surface area contributed by atoms with Gasteiger partial charge in [-0.25, -0.2) is 4.98 Å². The van der Waals surface area contributed by atoms with Crippen LogP contribution in [0.3, 0.4) is 0 Å². The number of hydrogen-bond donors (Lipinski definition) is 0. The smallest absolute Gasteiger partial charge is 0.311 e. The predicted octanol–water partition coefficient (Wildman–Crippen LogP) is 10.1. The number of nitrogens with zero attached hydrogens (tertiary/aromatic N) is 3. The number of benzene rings is 4. The quantitative estimate of drug-likeness (QED) is 0.154. The number of fused-ring (bicyclic) bond motifs is 3. The van der Waals surface area contributed by atoms with Gasteiger partial charge >= 0.3 is 5.97 Å². The van der Waals surface area contributed by atoms with Crippen LogP contribution in [-0.4, -0.2) is 39.2 Å². The Morgan fingerprint density at radius 1 is 0.920 bits per heavy atom. The Balaban J connectivity index is 1.38. The Kier molecular flexibility index (Phi) is 8.47. The van der Waals surface area contributed by atoms with Crippen molar-refractivity contribution in [2.75, 3.05) is 6.61 Å². The predicted molar refractivity (Wildman–Crippen MR) is 200 cm³/mol. The van der Waals surface area contributed by atoms with E-state index in [0.29, 0.717) is 11.5 Å². The van der Waals surface area contributed by atoms with Crippen LogP contribution in [0, 0.1) is 12.3 Å². The lowest BCUT2D eigenvalue weighted by Crippen LogP contribution is -2.30. The molecule has 0 N–H and O–H groups in total. The molecule has 2 atom stereocenters. The maximum atomic E-state index is 13.0. The Labute approximate surface area is 297 Å². The molecule has 258 valence electrons. The molecule has 7 rings (SSSR count). The fourth-order valence-electron chi connectivity index (χ4n) is 6.42. The number of hydrogen-bond acceptors (Lipinski definition) is 8. The first-order valence-electron chi connectivity index (χ1n) is 16.9. The van der Waals surface area contributed by atoms with Crippen molar-refractivity contribution in [3.8, 4) is 44.3 Å². The first-order chi connectivity index (χ1) is 23.6. The van der Waals surface area contributed by atoms with E-state index in [4.69, 9.17) is 23.9 Å². The average molecular weight is 690 g/mol. The first kappa shape index (κ1) is 33.8. The third-order valence-electron chi connectivity index (χ3n) is 8.73. The lowest BCUT2D eigenvalue weighted by atomic mass is 9.91. The van der Waals surface area contributed by atoms with E-state index in [2.05, 4.69) is 66.6 Å². The maximum Gasteiger partial charge on any atom is 0.311 e. The molecule has 0 amide bonds. The van der Waals surface area contributed by atoms with Crippen LogP contribution in [0.4, 0.5) is 0 Å². The van der Waals surface area contributed by atoms with Gasteiger partial charge in [0.15, 0.2) is 11.5 Å². The third kappa shape index (κ3) is 6.60. The van der Waals surface area contributed by atoms with Gasteiger partial charge in [0.1, 0.15) is 17.7 Å². The van der Waals surface area contributed by atoms with Crippen molar-refractivity contribution in [3.63, 3.8) is 0 Å². The molecule has 8 nitrogen and oxygen atoms in total. The van der Waals surface area contributed by atoms with Crippen LogP contribution in [0.2, 0.25) is 0 Å². The number of ether oxygens (including phenoxy) is 4. The van der Waals surface area contributed by atoms with Crippen molar-refractivity contribution in [2.45, 2.75) is 73.4 Å². The SMILES string of the molecule is Cc1cc2nc(-c3cccc(-c4ccc5c(cnn5C)c4)c3)sc2c(-c2ccc3c(c2)OC(C)O3)c1[C@H](COC(=O)C(C)(C)C)OC(C)(C)C. The van der Waals surface area contributed by atoms with Gasteiger partial charge < -0.3 is 18.9 Å². The molecular formula is C41H43N3O5S. The van der Waals surface area contributed by atoms with Gasteiger partial charge in [-0.2, -0.15) is 5.10 Å². The highest BCUT2D eigenvalue weighted by Crippen LogP contribution is 2.47. The molecule has 1 aliphatic rings. The maximum absolute atomic E-state index is 13.0. The number of rotatable bonds is 7. The first-order valence-corrected chi connectivity index (χ1v) is 17.8. The standard InChI is InChI=1S/C41H43N3O5S/c1-23-17-30-37(50-38(43-30)28-12-10-11-25(18-28)26-13-15-31-29(19-26)21-42-44(31)9)36(27-14-16-32-33(20-27)48-24(2)47-32)35(23)34(49-41(6,7)8)22-46-39(45)40(3,4)5/h10-21,24,34H,22H2,1-9H3/t24?,34-/m0/s1. The van der Waals surface area contributed by atoms with Crippen LogP contribution in [0.1, 0.15) is 65.7 Å². The van der Waals surface area contributed by atoms with Crippen LogP contribution in [0.25, 0.3) is 53.9 Å². The van der Waals surface area contributed by atoms with Gasteiger partial charge in [0, 0.05) is 30.5 Å². The summed E-state index contributed by atoms with van der Waals surface area (Å²) in [7, 11) is 1.96. The average Bonchev–Trinajstić information content (AvgIpc) is 3.76. The van der Waals surface area contributed by atoms with E-state index in [1.54, 1.807) is 11.3 Å². The van der Waals surface area contributed by atoms with Crippen LogP contribution in [0.5, 0.6) is 11.5 Å². The highest BCUT2D eigenvalue weighted by atomic mass is 32.1. The van der Waals surface area contributed by atoms with Crippen molar-refractivity contribution < 1.29 is 23.7 Å². The third-order valence-corrected chi connectivity index (χ3v) is 9.87. The molecule has 6 aromatic rings. The van der Waals surface area contributed by atoms with Gasteiger partial charge in [0.05, 0.1) is 32.9 Å². The molecule has 0 saturated heterocycles. The normalized spacial score (nSPS) is 15.2. The number of carbonyl (C=O) groups excluding carboxylic acids is 1. The van der Waals surface area contributed by atoms with Gasteiger partial charge in [-0.1, -0.05) is 30.3 Å².